The molecule has 0 saturated carbocycles. The molecular formula is C18H34ClN8O-. The monoisotopic (exact) mass is 413 g/mol. The van der Waals surface area contributed by atoms with E-state index >= 15 is 0 Å². The summed E-state index contributed by atoms with van der Waals surface area (Å²) in [6.45, 7) is 10.8. The van der Waals surface area contributed by atoms with E-state index in [2.05, 4.69) is 38.1 Å². The van der Waals surface area contributed by atoms with Gasteiger partial charge in [-0.15, -0.1) is 11.6 Å². The van der Waals surface area contributed by atoms with Crippen LogP contribution in [0, 0.1) is 5.92 Å². The highest BCUT2D eigenvalue weighted by molar-refractivity contribution is 6.21. The van der Waals surface area contributed by atoms with Crippen LogP contribution in [0.25, 0.3) is 5.43 Å². The molecule has 160 valence electrons. The molecule has 0 aromatic carbocycles. The van der Waals surface area contributed by atoms with Gasteiger partial charge >= 0.3 is 0 Å². The number of piperidine rings is 1. The van der Waals surface area contributed by atoms with Crippen molar-refractivity contribution in [1.82, 2.24) is 30.8 Å². The Kier molecular flexibility index (Phi) is 6.74. The van der Waals surface area contributed by atoms with Gasteiger partial charge in [-0.1, -0.05) is 13.1 Å². The van der Waals surface area contributed by atoms with Crippen LogP contribution in [0.1, 0.15) is 13.3 Å². The second-order valence-corrected chi connectivity index (χ2v) is 8.97. The number of alkyl halides is 1. The molecule has 0 radical (unpaired) electrons. The number of likely N-dealkylation sites (N-methyl/N-ethyl adjacent to an activating group) is 1. The van der Waals surface area contributed by atoms with Crippen LogP contribution in [0.2, 0.25) is 0 Å². The number of piperazine rings is 1. The number of nitrogens with one attached hydrogen (secondary N) is 3. The summed E-state index contributed by atoms with van der Waals surface area (Å²) in [5.74, 6) is -0.390. The van der Waals surface area contributed by atoms with Crippen molar-refractivity contribution in [2.75, 3.05) is 58.9 Å². The molecule has 4 saturated heterocycles. The molecule has 0 aromatic rings. The van der Waals surface area contributed by atoms with Crippen molar-refractivity contribution in [3.8, 4) is 0 Å². The van der Waals surface area contributed by atoms with E-state index in [9.17, 15) is 4.79 Å². The molecule has 4 fully saturated rings. The zero-order valence-electron chi connectivity index (χ0n) is 16.7. The highest BCUT2D eigenvalue weighted by Crippen LogP contribution is 2.31. The fraction of sp³-hybridized carbons (Fsp3) is 0.944. The van der Waals surface area contributed by atoms with Gasteiger partial charge in [-0.2, -0.15) is 0 Å². The van der Waals surface area contributed by atoms with E-state index in [0.717, 1.165) is 52.2 Å². The standard InChI is InChI=1S/C18H34ClN8O/c1-2-25-5-7-26(8-6-25)14-3-4-21-10-13(14)23-18(28)15-16(20)24-27-11-12(19)9-22-17(15)27/h12-17,21-22H,2-11,20H2,1H3,(H,23,28)/q-1. The molecule has 28 heavy (non-hydrogen) atoms. The first kappa shape index (κ1) is 20.7. The van der Waals surface area contributed by atoms with Gasteiger partial charge in [0.05, 0.1) is 23.5 Å². The van der Waals surface area contributed by atoms with Crippen LogP contribution in [0.4, 0.5) is 0 Å². The molecule has 0 aliphatic carbocycles. The van der Waals surface area contributed by atoms with Gasteiger partial charge in [0.2, 0.25) is 5.91 Å². The molecule has 1 amide bonds. The van der Waals surface area contributed by atoms with Gasteiger partial charge in [0.15, 0.2) is 0 Å². The minimum atomic E-state index is -0.525. The fourth-order valence-electron chi connectivity index (χ4n) is 5.01. The van der Waals surface area contributed by atoms with Crippen LogP contribution < -0.4 is 21.7 Å². The number of halogens is 1. The van der Waals surface area contributed by atoms with E-state index in [1.54, 1.807) is 0 Å². The first-order valence-electron chi connectivity index (χ1n) is 10.6. The molecule has 10 heteroatoms. The third kappa shape index (κ3) is 4.32. The molecule has 4 rings (SSSR count). The smallest absolute Gasteiger partial charge is 0.226 e. The summed E-state index contributed by atoms with van der Waals surface area (Å²) in [6, 6.07) is 0.474. The first-order valence-corrected chi connectivity index (χ1v) is 11.1. The maximum absolute atomic E-state index is 13.2. The van der Waals surface area contributed by atoms with Crippen LogP contribution in [-0.2, 0) is 4.79 Å². The van der Waals surface area contributed by atoms with E-state index in [-0.39, 0.29) is 29.4 Å². The molecule has 0 aromatic heterocycles. The SMILES string of the molecule is CCN1CCN(C2CCNCC2NC(=O)C2C(N)[N-]N3CC(Cl)CNC23)CC1. The summed E-state index contributed by atoms with van der Waals surface area (Å²) in [7, 11) is 0. The Morgan fingerprint density at radius 3 is 2.82 bits per heavy atom. The van der Waals surface area contributed by atoms with Crippen LogP contribution in [-0.4, -0.2) is 109 Å². The molecule has 6 unspecified atom stereocenters. The van der Waals surface area contributed by atoms with Crippen molar-refractivity contribution >= 4 is 17.5 Å². The van der Waals surface area contributed by atoms with Crippen LogP contribution in [0.5, 0.6) is 0 Å². The Balaban J connectivity index is 1.38. The number of nitrogens with zero attached hydrogens (tertiary/aromatic N) is 4. The maximum Gasteiger partial charge on any atom is 0.226 e. The molecule has 9 nitrogen and oxygen atoms in total. The average molecular weight is 414 g/mol. The number of carbonyl (C=O) groups excluding carboxylic acids is 1. The van der Waals surface area contributed by atoms with Crippen molar-refractivity contribution in [2.45, 2.75) is 43.1 Å². The predicted molar refractivity (Wildman–Crippen MR) is 110 cm³/mol. The van der Waals surface area contributed by atoms with Crippen LogP contribution in [0.3, 0.4) is 0 Å². The van der Waals surface area contributed by atoms with E-state index in [4.69, 9.17) is 17.3 Å². The molecule has 5 N–H and O–H groups in total. The second-order valence-electron chi connectivity index (χ2n) is 8.35. The Morgan fingerprint density at radius 2 is 2.07 bits per heavy atom. The van der Waals surface area contributed by atoms with Crippen LogP contribution in [0.15, 0.2) is 0 Å². The number of nitrogens with two attached hydrogens (primary N) is 1. The molecule has 4 aliphatic rings. The van der Waals surface area contributed by atoms with Gasteiger partial charge in [-0.25, -0.2) is 0 Å². The fourth-order valence-corrected chi connectivity index (χ4v) is 5.24. The summed E-state index contributed by atoms with van der Waals surface area (Å²) in [5, 5.41) is 11.9. The van der Waals surface area contributed by atoms with Crippen LogP contribution >= 0.6 is 11.6 Å². The van der Waals surface area contributed by atoms with E-state index in [1.807, 2.05) is 5.01 Å². The molecule has 4 heterocycles. The first-order chi connectivity index (χ1) is 13.6. The number of fused-ring (bicyclic) bond motifs is 1. The summed E-state index contributed by atoms with van der Waals surface area (Å²) in [5.41, 5.74) is 10.7. The summed E-state index contributed by atoms with van der Waals surface area (Å²) < 4.78 is 0. The molecule has 4 aliphatic heterocycles. The number of hydrogen-bond donors (Lipinski definition) is 4. The van der Waals surface area contributed by atoms with E-state index < -0.39 is 6.17 Å². The Labute approximate surface area is 172 Å². The lowest BCUT2D eigenvalue weighted by molar-refractivity contribution is -0.128. The zero-order valence-corrected chi connectivity index (χ0v) is 17.4. The van der Waals surface area contributed by atoms with E-state index in [0.29, 0.717) is 19.1 Å². The topological polar surface area (TPSA) is 103 Å². The number of rotatable bonds is 4. The summed E-state index contributed by atoms with van der Waals surface area (Å²) in [6.07, 6.45) is 0.371. The Bertz CT molecular complexity index is 546. The highest BCUT2D eigenvalue weighted by atomic mass is 35.5. The minimum Gasteiger partial charge on any atom is -0.578 e. The van der Waals surface area contributed by atoms with E-state index in [1.165, 1.54) is 0 Å². The molecular weight excluding hydrogens is 380 g/mol. The third-order valence-corrected chi connectivity index (χ3v) is 6.94. The van der Waals surface area contributed by atoms with Gasteiger partial charge in [0.25, 0.3) is 0 Å². The summed E-state index contributed by atoms with van der Waals surface area (Å²) >= 11 is 6.22. The Morgan fingerprint density at radius 1 is 1.29 bits per heavy atom. The minimum absolute atomic E-state index is 0.00448. The molecule has 6 atom stereocenters. The van der Waals surface area contributed by atoms with Gasteiger partial charge in [-0.05, 0) is 26.1 Å². The zero-order chi connectivity index (χ0) is 19.7. The maximum atomic E-state index is 13.2. The van der Waals surface area contributed by atoms with Crippen molar-refractivity contribution in [2.24, 2.45) is 11.7 Å². The number of carbonyl (C=O) groups is 1. The van der Waals surface area contributed by atoms with Crippen molar-refractivity contribution in [1.29, 1.82) is 0 Å². The summed E-state index contributed by atoms with van der Waals surface area (Å²) in [4.78, 5) is 18.2. The molecule has 0 bridgehead atoms. The van der Waals surface area contributed by atoms with Crippen molar-refractivity contribution in [3.05, 3.63) is 5.43 Å². The second kappa shape index (κ2) is 9.09. The van der Waals surface area contributed by atoms with Gasteiger partial charge in [0, 0.05) is 45.3 Å². The lowest BCUT2D eigenvalue weighted by Crippen LogP contribution is -2.64. The predicted octanol–water partition coefficient (Wildman–Crippen LogP) is -1.49. The lowest BCUT2D eigenvalue weighted by atomic mass is 9.95. The van der Waals surface area contributed by atoms with Gasteiger partial charge in [-0.3, -0.25) is 9.69 Å². The van der Waals surface area contributed by atoms with Gasteiger partial charge < -0.3 is 37.0 Å². The lowest BCUT2D eigenvalue weighted by Gasteiger charge is -2.45. The Hall–Kier alpha value is -0.520. The number of hydrogen-bond acceptors (Lipinski definition) is 7. The number of amides is 1. The largest absolute Gasteiger partial charge is 0.578 e. The quantitative estimate of drug-likeness (QED) is 0.416. The molecule has 0 spiro atoms. The van der Waals surface area contributed by atoms with Gasteiger partial charge in [0.1, 0.15) is 0 Å². The highest BCUT2D eigenvalue weighted by Gasteiger charge is 2.41. The third-order valence-electron chi connectivity index (χ3n) is 6.64. The normalized spacial score (nSPS) is 41.0. The van der Waals surface area contributed by atoms with Crippen molar-refractivity contribution < 1.29 is 4.79 Å². The van der Waals surface area contributed by atoms with Crippen molar-refractivity contribution in [3.63, 3.8) is 0 Å². The average Bonchev–Trinajstić information content (AvgIpc) is 3.03.